The van der Waals surface area contributed by atoms with Gasteiger partial charge in [-0.3, -0.25) is 4.79 Å². The van der Waals surface area contributed by atoms with Crippen molar-refractivity contribution in [1.29, 1.82) is 0 Å². The number of amides is 1. The van der Waals surface area contributed by atoms with Gasteiger partial charge >= 0.3 is 6.18 Å². The minimum Gasteiger partial charge on any atom is -0.355 e. The Labute approximate surface area is 139 Å². The van der Waals surface area contributed by atoms with Gasteiger partial charge in [0.25, 0.3) is 0 Å². The van der Waals surface area contributed by atoms with Gasteiger partial charge in [-0.25, -0.2) is 4.98 Å². The summed E-state index contributed by atoms with van der Waals surface area (Å²) in [5.74, 6) is -1.56. The molecular weight excluding hydrogens is 319 g/mol. The van der Waals surface area contributed by atoms with Gasteiger partial charge in [0, 0.05) is 25.2 Å². The number of pyridine rings is 1. The Morgan fingerprint density at radius 2 is 1.96 bits per heavy atom. The molecule has 1 amide bonds. The Hall–Kier alpha value is -1.79. The number of hydrogen-bond donors (Lipinski definition) is 1. The molecular formula is C17H22F3N3O. The van der Waals surface area contributed by atoms with Gasteiger partial charge in [0.15, 0.2) is 5.82 Å². The zero-order valence-corrected chi connectivity index (χ0v) is 13.5. The maximum atomic E-state index is 12.9. The first-order chi connectivity index (χ1) is 11.4. The predicted octanol–water partition coefficient (Wildman–Crippen LogP) is 3.99. The van der Waals surface area contributed by atoms with E-state index in [9.17, 15) is 18.0 Å². The SMILES string of the molecule is O=C(Nc1cccnc1N1CCCC1)[C@@H]1CCC[C@@H](C(F)(F)F)C1. The van der Waals surface area contributed by atoms with E-state index >= 15 is 0 Å². The van der Waals surface area contributed by atoms with E-state index in [0.717, 1.165) is 25.9 Å². The van der Waals surface area contributed by atoms with Crippen LogP contribution in [0.15, 0.2) is 18.3 Å². The van der Waals surface area contributed by atoms with E-state index in [1.54, 1.807) is 18.3 Å². The molecule has 0 bridgehead atoms. The Balaban J connectivity index is 1.69. The van der Waals surface area contributed by atoms with E-state index in [4.69, 9.17) is 0 Å². The molecule has 1 aromatic rings. The third-order valence-electron chi connectivity index (χ3n) is 4.96. The molecule has 24 heavy (non-hydrogen) atoms. The Morgan fingerprint density at radius 3 is 2.67 bits per heavy atom. The van der Waals surface area contributed by atoms with E-state index in [-0.39, 0.29) is 18.7 Å². The van der Waals surface area contributed by atoms with Gasteiger partial charge in [0.05, 0.1) is 11.6 Å². The molecule has 0 radical (unpaired) electrons. The first kappa shape index (κ1) is 17.0. The Morgan fingerprint density at radius 1 is 1.21 bits per heavy atom. The summed E-state index contributed by atoms with van der Waals surface area (Å²) in [5.41, 5.74) is 0.596. The molecule has 2 aliphatic rings. The zero-order chi connectivity index (χ0) is 17.2. The van der Waals surface area contributed by atoms with Gasteiger partial charge < -0.3 is 10.2 Å². The lowest BCUT2D eigenvalue weighted by Gasteiger charge is -2.30. The van der Waals surface area contributed by atoms with Crippen LogP contribution in [0.4, 0.5) is 24.7 Å². The summed E-state index contributed by atoms with van der Waals surface area (Å²) < 4.78 is 38.8. The number of carbonyl (C=O) groups is 1. The zero-order valence-electron chi connectivity index (χ0n) is 13.5. The average molecular weight is 341 g/mol. The average Bonchev–Trinajstić information content (AvgIpc) is 3.09. The topological polar surface area (TPSA) is 45.2 Å². The van der Waals surface area contributed by atoms with Gasteiger partial charge in [0.2, 0.25) is 5.91 Å². The number of nitrogens with one attached hydrogen (secondary N) is 1. The highest BCUT2D eigenvalue weighted by molar-refractivity contribution is 5.95. The first-order valence-electron chi connectivity index (χ1n) is 8.52. The molecule has 1 aromatic heterocycles. The third kappa shape index (κ3) is 3.82. The highest BCUT2D eigenvalue weighted by Crippen LogP contribution is 2.40. The molecule has 0 spiro atoms. The van der Waals surface area contributed by atoms with Crippen LogP contribution in [0.5, 0.6) is 0 Å². The van der Waals surface area contributed by atoms with Crippen LogP contribution in [0.2, 0.25) is 0 Å². The summed E-state index contributed by atoms with van der Waals surface area (Å²) in [6.07, 6.45) is 0.580. The molecule has 1 saturated carbocycles. The second-order valence-electron chi connectivity index (χ2n) is 6.66. The molecule has 132 valence electrons. The molecule has 2 fully saturated rings. The maximum absolute atomic E-state index is 12.9. The van der Waals surface area contributed by atoms with Crippen molar-refractivity contribution in [3.63, 3.8) is 0 Å². The quantitative estimate of drug-likeness (QED) is 0.904. The van der Waals surface area contributed by atoms with Crippen LogP contribution in [0, 0.1) is 11.8 Å². The van der Waals surface area contributed by atoms with E-state index in [1.807, 2.05) is 0 Å². The van der Waals surface area contributed by atoms with Gasteiger partial charge in [-0.2, -0.15) is 13.2 Å². The van der Waals surface area contributed by atoms with E-state index in [1.165, 1.54) is 0 Å². The van der Waals surface area contributed by atoms with E-state index < -0.39 is 18.0 Å². The summed E-state index contributed by atoms with van der Waals surface area (Å²) >= 11 is 0. The summed E-state index contributed by atoms with van der Waals surface area (Å²) in [6, 6.07) is 3.50. The summed E-state index contributed by atoms with van der Waals surface area (Å²) in [4.78, 5) is 18.9. The van der Waals surface area contributed by atoms with Crippen LogP contribution in [-0.4, -0.2) is 30.2 Å². The number of rotatable bonds is 3. The van der Waals surface area contributed by atoms with Crippen LogP contribution in [0.1, 0.15) is 38.5 Å². The normalized spacial score (nSPS) is 24.9. The van der Waals surface area contributed by atoms with Crippen molar-refractivity contribution >= 4 is 17.4 Å². The molecule has 0 unspecified atom stereocenters. The fraction of sp³-hybridized carbons (Fsp3) is 0.647. The van der Waals surface area contributed by atoms with Crippen molar-refractivity contribution < 1.29 is 18.0 Å². The predicted molar refractivity (Wildman–Crippen MR) is 85.8 cm³/mol. The first-order valence-corrected chi connectivity index (χ1v) is 8.52. The highest BCUT2D eigenvalue weighted by atomic mass is 19.4. The second-order valence-corrected chi connectivity index (χ2v) is 6.66. The number of anilines is 2. The lowest BCUT2D eigenvalue weighted by atomic mass is 9.80. The van der Waals surface area contributed by atoms with Crippen molar-refractivity contribution in [1.82, 2.24) is 4.98 Å². The van der Waals surface area contributed by atoms with Gasteiger partial charge in [0.1, 0.15) is 0 Å². The lowest BCUT2D eigenvalue weighted by molar-refractivity contribution is -0.185. The largest absolute Gasteiger partial charge is 0.391 e. The smallest absolute Gasteiger partial charge is 0.355 e. The van der Waals surface area contributed by atoms with Crippen LogP contribution in [-0.2, 0) is 4.79 Å². The number of nitrogens with zero attached hydrogens (tertiary/aromatic N) is 2. The monoisotopic (exact) mass is 341 g/mol. The molecule has 1 aliphatic heterocycles. The van der Waals surface area contributed by atoms with Crippen molar-refractivity contribution in [2.75, 3.05) is 23.3 Å². The fourth-order valence-electron chi connectivity index (χ4n) is 3.64. The summed E-state index contributed by atoms with van der Waals surface area (Å²) in [5, 5.41) is 2.82. The minimum absolute atomic E-state index is 0.116. The third-order valence-corrected chi connectivity index (χ3v) is 4.96. The summed E-state index contributed by atoms with van der Waals surface area (Å²) in [7, 11) is 0. The Bertz CT molecular complexity index is 585. The number of carbonyl (C=O) groups excluding carboxylic acids is 1. The molecule has 1 saturated heterocycles. The highest BCUT2D eigenvalue weighted by Gasteiger charge is 2.43. The maximum Gasteiger partial charge on any atom is 0.391 e. The van der Waals surface area contributed by atoms with Crippen molar-refractivity contribution in [2.24, 2.45) is 11.8 Å². The molecule has 7 heteroatoms. The number of alkyl halides is 3. The Kier molecular flexibility index (Phi) is 4.96. The lowest BCUT2D eigenvalue weighted by Crippen LogP contribution is -2.34. The van der Waals surface area contributed by atoms with Crippen LogP contribution >= 0.6 is 0 Å². The molecule has 0 aromatic carbocycles. The minimum atomic E-state index is -4.21. The number of aromatic nitrogens is 1. The van der Waals surface area contributed by atoms with Gasteiger partial charge in [-0.05, 0) is 44.2 Å². The fourth-order valence-corrected chi connectivity index (χ4v) is 3.64. The van der Waals surface area contributed by atoms with Crippen molar-refractivity contribution in [3.8, 4) is 0 Å². The molecule has 2 atom stereocenters. The standard InChI is InChI=1S/C17H22F3N3O/c18-17(19,20)13-6-3-5-12(11-13)16(24)22-14-7-4-8-21-15(14)23-9-1-2-10-23/h4,7-8,12-13H,1-3,5-6,9-11H2,(H,22,24)/t12-,13-/m1/s1. The molecule has 4 nitrogen and oxygen atoms in total. The van der Waals surface area contributed by atoms with Gasteiger partial charge in [-0.1, -0.05) is 6.42 Å². The van der Waals surface area contributed by atoms with E-state index in [0.29, 0.717) is 24.3 Å². The van der Waals surface area contributed by atoms with E-state index in [2.05, 4.69) is 15.2 Å². The van der Waals surface area contributed by atoms with Crippen LogP contribution in [0.25, 0.3) is 0 Å². The summed E-state index contributed by atoms with van der Waals surface area (Å²) in [6.45, 7) is 1.78. The van der Waals surface area contributed by atoms with Crippen LogP contribution < -0.4 is 10.2 Å². The number of hydrogen-bond acceptors (Lipinski definition) is 3. The molecule has 1 aliphatic carbocycles. The molecule has 1 N–H and O–H groups in total. The van der Waals surface area contributed by atoms with Crippen molar-refractivity contribution in [3.05, 3.63) is 18.3 Å². The second kappa shape index (κ2) is 6.99. The molecule has 3 rings (SSSR count). The van der Waals surface area contributed by atoms with Gasteiger partial charge in [-0.15, -0.1) is 0 Å². The van der Waals surface area contributed by atoms with Crippen molar-refractivity contribution in [2.45, 2.75) is 44.7 Å². The molecule has 2 heterocycles. The van der Waals surface area contributed by atoms with Crippen LogP contribution in [0.3, 0.4) is 0 Å². The number of halogens is 3.